The molecule has 0 radical (unpaired) electrons. The largest absolute Gasteiger partial charge is 0.496 e. The highest BCUT2D eigenvalue weighted by Crippen LogP contribution is 2.32. The van der Waals surface area contributed by atoms with Gasteiger partial charge in [-0.15, -0.1) is 0 Å². The molecule has 2 rings (SSSR count). The number of nitrogens with zero attached hydrogens (tertiary/aromatic N) is 1. The maximum Gasteiger partial charge on any atom is 0.306 e. The van der Waals surface area contributed by atoms with E-state index in [2.05, 4.69) is 0 Å². The van der Waals surface area contributed by atoms with E-state index < -0.39 is 5.97 Å². The summed E-state index contributed by atoms with van der Waals surface area (Å²) in [7, 11) is 3.44. The Balaban J connectivity index is 1.98. The van der Waals surface area contributed by atoms with Gasteiger partial charge in [-0.25, -0.2) is 0 Å². The average molecular weight is 319 g/mol. The lowest BCUT2D eigenvalue weighted by Crippen LogP contribution is -2.39. The molecular formula is C18H25NO4. The third kappa shape index (κ3) is 4.03. The van der Waals surface area contributed by atoms with E-state index >= 15 is 0 Å². The predicted octanol–water partition coefficient (Wildman–Crippen LogP) is 2.59. The fourth-order valence-corrected chi connectivity index (χ4v) is 3.26. The summed E-state index contributed by atoms with van der Waals surface area (Å²) in [6.45, 7) is 2.01. The topological polar surface area (TPSA) is 66.8 Å². The van der Waals surface area contributed by atoms with Gasteiger partial charge in [-0.3, -0.25) is 9.59 Å². The molecule has 0 spiro atoms. The first kappa shape index (κ1) is 17.3. The molecule has 0 heterocycles. The highest BCUT2D eigenvalue weighted by Gasteiger charge is 2.36. The predicted molar refractivity (Wildman–Crippen MR) is 87.4 cm³/mol. The molecule has 0 aromatic heterocycles. The minimum Gasteiger partial charge on any atom is -0.496 e. The normalized spacial score (nSPS) is 21.7. The van der Waals surface area contributed by atoms with E-state index in [0.29, 0.717) is 25.7 Å². The Hall–Kier alpha value is -2.04. The minimum absolute atomic E-state index is 0.0303. The SMILES string of the molecule is COc1ccccc1CC(C)N(C)C(=O)[C@@H]1CC[C@H](C(=O)O)C1. The molecule has 3 atom stereocenters. The zero-order valence-electron chi connectivity index (χ0n) is 14.0. The molecule has 5 nitrogen and oxygen atoms in total. The van der Waals surface area contributed by atoms with Crippen LogP contribution in [0.4, 0.5) is 0 Å². The number of rotatable bonds is 6. The second-order valence-electron chi connectivity index (χ2n) is 6.36. The number of methoxy groups -OCH3 is 1. The van der Waals surface area contributed by atoms with Crippen molar-refractivity contribution in [1.29, 1.82) is 0 Å². The van der Waals surface area contributed by atoms with Crippen LogP contribution in [0.5, 0.6) is 5.75 Å². The van der Waals surface area contributed by atoms with Gasteiger partial charge in [-0.05, 0) is 44.2 Å². The number of carbonyl (C=O) groups excluding carboxylic acids is 1. The van der Waals surface area contributed by atoms with E-state index in [9.17, 15) is 9.59 Å². The molecule has 1 aromatic rings. The van der Waals surface area contributed by atoms with Crippen LogP contribution in [0.2, 0.25) is 0 Å². The van der Waals surface area contributed by atoms with Crippen LogP contribution in [-0.4, -0.2) is 42.1 Å². The number of carboxylic acid groups (broad SMARTS) is 1. The van der Waals surface area contributed by atoms with Gasteiger partial charge in [0.05, 0.1) is 13.0 Å². The van der Waals surface area contributed by atoms with Crippen molar-refractivity contribution >= 4 is 11.9 Å². The molecule has 0 saturated heterocycles. The standard InChI is InChI=1S/C18H25NO4/c1-12(10-13-6-4-5-7-16(13)23-3)19(2)17(20)14-8-9-15(11-14)18(21)22/h4-7,12,14-15H,8-11H2,1-3H3,(H,21,22)/t12?,14-,15+/m1/s1. The fraction of sp³-hybridized carbons (Fsp3) is 0.556. The van der Waals surface area contributed by atoms with Gasteiger partial charge in [0.1, 0.15) is 5.75 Å². The van der Waals surface area contributed by atoms with Crippen molar-refractivity contribution in [1.82, 2.24) is 4.90 Å². The van der Waals surface area contributed by atoms with Crippen LogP contribution >= 0.6 is 0 Å². The second-order valence-corrected chi connectivity index (χ2v) is 6.36. The molecule has 0 aliphatic heterocycles. The van der Waals surface area contributed by atoms with Crippen LogP contribution in [0.25, 0.3) is 0 Å². The van der Waals surface area contributed by atoms with Gasteiger partial charge in [0, 0.05) is 19.0 Å². The van der Waals surface area contributed by atoms with Crippen molar-refractivity contribution < 1.29 is 19.4 Å². The molecule has 1 aliphatic rings. The number of amides is 1. The first-order chi connectivity index (χ1) is 10.9. The van der Waals surface area contributed by atoms with Crippen LogP contribution in [-0.2, 0) is 16.0 Å². The van der Waals surface area contributed by atoms with Crippen molar-refractivity contribution in [2.45, 2.75) is 38.6 Å². The van der Waals surface area contributed by atoms with Crippen LogP contribution < -0.4 is 4.74 Å². The van der Waals surface area contributed by atoms with Crippen molar-refractivity contribution in [3.63, 3.8) is 0 Å². The third-order valence-electron chi connectivity index (χ3n) is 4.85. The molecule has 1 saturated carbocycles. The fourth-order valence-electron chi connectivity index (χ4n) is 3.26. The lowest BCUT2D eigenvalue weighted by Gasteiger charge is -2.28. The number of benzene rings is 1. The van der Waals surface area contributed by atoms with E-state index in [1.165, 1.54) is 0 Å². The number of para-hydroxylation sites is 1. The molecule has 1 fully saturated rings. The summed E-state index contributed by atoms with van der Waals surface area (Å²) in [6, 6.07) is 7.83. The summed E-state index contributed by atoms with van der Waals surface area (Å²) in [5.41, 5.74) is 1.07. The van der Waals surface area contributed by atoms with Gasteiger partial charge in [-0.2, -0.15) is 0 Å². The lowest BCUT2D eigenvalue weighted by molar-refractivity contribution is -0.141. The second kappa shape index (κ2) is 7.49. The number of likely N-dealkylation sites (N-methyl/N-ethyl adjacent to an activating group) is 1. The smallest absolute Gasteiger partial charge is 0.306 e. The molecule has 126 valence electrons. The molecule has 1 unspecified atom stereocenters. The minimum atomic E-state index is -0.787. The van der Waals surface area contributed by atoms with Gasteiger partial charge in [0.2, 0.25) is 5.91 Å². The maximum absolute atomic E-state index is 12.6. The summed E-state index contributed by atoms with van der Waals surface area (Å²) in [5.74, 6) is -0.448. The molecule has 0 bridgehead atoms. The number of ether oxygens (including phenoxy) is 1. The van der Waals surface area contributed by atoms with E-state index in [1.807, 2.05) is 31.2 Å². The molecule has 5 heteroatoms. The number of carboxylic acids is 1. The van der Waals surface area contributed by atoms with Crippen LogP contribution in [0.15, 0.2) is 24.3 Å². The molecule has 1 N–H and O–H groups in total. The summed E-state index contributed by atoms with van der Waals surface area (Å²) < 4.78 is 5.36. The number of aliphatic carboxylic acids is 1. The molecule has 1 aromatic carbocycles. The Kier molecular flexibility index (Phi) is 5.64. The monoisotopic (exact) mass is 319 g/mol. The molecule has 1 aliphatic carbocycles. The first-order valence-electron chi connectivity index (χ1n) is 8.05. The van der Waals surface area contributed by atoms with Crippen molar-refractivity contribution in [3.8, 4) is 5.75 Å². The van der Waals surface area contributed by atoms with E-state index in [1.54, 1.807) is 19.1 Å². The first-order valence-corrected chi connectivity index (χ1v) is 8.05. The summed E-state index contributed by atoms with van der Waals surface area (Å²) in [5, 5.41) is 9.07. The van der Waals surface area contributed by atoms with Gasteiger partial charge in [0.15, 0.2) is 0 Å². The quantitative estimate of drug-likeness (QED) is 0.875. The van der Waals surface area contributed by atoms with Gasteiger partial charge < -0.3 is 14.7 Å². The average Bonchev–Trinajstić information content (AvgIpc) is 3.04. The Labute approximate surface area is 137 Å². The van der Waals surface area contributed by atoms with Crippen LogP contribution in [0.1, 0.15) is 31.7 Å². The zero-order chi connectivity index (χ0) is 17.0. The van der Waals surface area contributed by atoms with Gasteiger partial charge >= 0.3 is 5.97 Å². The van der Waals surface area contributed by atoms with Crippen molar-refractivity contribution in [3.05, 3.63) is 29.8 Å². The maximum atomic E-state index is 12.6. The van der Waals surface area contributed by atoms with E-state index in [4.69, 9.17) is 9.84 Å². The summed E-state index contributed by atoms with van der Waals surface area (Å²) in [4.78, 5) is 25.4. The summed E-state index contributed by atoms with van der Waals surface area (Å²) in [6.07, 6.45) is 2.43. The molecular weight excluding hydrogens is 294 g/mol. The van der Waals surface area contributed by atoms with Gasteiger partial charge in [-0.1, -0.05) is 18.2 Å². The molecule has 23 heavy (non-hydrogen) atoms. The Morgan fingerprint density at radius 1 is 1.30 bits per heavy atom. The van der Waals surface area contributed by atoms with E-state index in [0.717, 1.165) is 11.3 Å². The number of hydrogen-bond donors (Lipinski definition) is 1. The Bertz CT molecular complexity index is 572. The van der Waals surface area contributed by atoms with Crippen LogP contribution in [0, 0.1) is 11.8 Å². The molecule has 1 amide bonds. The highest BCUT2D eigenvalue weighted by atomic mass is 16.5. The number of hydrogen-bond acceptors (Lipinski definition) is 3. The zero-order valence-corrected chi connectivity index (χ0v) is 14.0. The summed E-state index contributed by atoms with van der Waals surface area (Å²) >= 11 is 0. The lowest BCUT2D eigenvalue weighted by atomic mass is 10.0. The van der Waals surface area contributed by atoms with Crippen molar-refractivity contribution in [2.75, 3.05) is 14.2 Å². The highest BCUT2D eigenvalue weighted by molar-refractivity contribution is 5.81. The van der Waals surface area contributed by atoms with Crippen LogP contribution in [0.3, 0.4) is 0 Å². The Morgan fingerprint density at radius 3 is 2.57 bits per heavy atom. The van der Waals surface area contributed by atoms with Crippen molar-refractivity contribution in [2.24, 2.45) is 11.8 Å². The number of carbonyl (C=O) groups is 2. The Morgan fingerprint density at radius 2 is 1.96 bits per heavy atom. The third-order valence-corrected chi connectivity index (χ3v) is 4.85. The van der Waals surface area contributed by atoms with Gasteiger partial charge in [0.25, 0.3) is 0 Å². The van der Waals surface area contributed by atoms with E-state index in [-0.39, 0.29) is 23.8 Å².